The fourth-order valence-corrected chi connectivity index (χ4v) is 4.13. The number of aromatic nitrogens is 2. The van der Waals surface area contributed by atoms with E-state index in [0.29, 0.717) is 12.6 Å². The van der Waals surface area contributed by atoms with Crippen LogP contribution in [0.3, 0.4) is 0 Å². The molecular formula is C21H23N3O2. The van der Waals surface area contributed by atoms with Gasteiger partial charge in [0.05, 0.1) is 17.4 Å². The second-order valence-corrected chi connectivity index (χ2v) is 7.19. The molecule has 2 aliphatic rings. The summed E-state index contributed by atoms with van der Waals surface area (Å²) in [5.74, 6) is 1.71. The van der Waals surface area contributed by atoms with E-state index in [1.165, 1.54) is 18.4 Å². The molecule has 3 aromatic rings. The molecule has 3 heterocycles. The lowest BCUT2D eigenvalue weighted by molar-refractivity contribution is 0.0464. The van der Waals surface area contributed by atoms with E-state index in [-0.39, 0.29) is 6.10 Å². The van der Waals surface area contributed by atoms with Gasteiger partial charge >= 0.3 is 0 Å². The minimum absolute atomic E-state index is 0.0863. The zero-order valence-electron chi connectivity index (χ0n) is 14.8. The molecule has 5 rings (SSSR count). The number of rotatable bonds is 3. The number of nitrogens with zero attached hydrogens (tertiary/aromatic N) is 3. The van der Waals surface area contributed by atoms with Crippen LogP contribution in [-0.2, 0) is 0 Å². The molecule has 1 aromatic heterocycles. The predicted molar refractivity (Wildman–Crippen MR) is 101 cm³/mol. The third kappa shape index (κ3) is 2.92. The Hall–Kier alpha value is -2.53. The average molecular weight is 349 g/mol. The van der Waals surface area contributed by atoms with E-state index in [0.717, 1.165) is 36.6 Å². The molecule has 26 heavy (non-hydrogen) atoms. The molecule has 0 spiro atoms. The molecule has 2 aliphatic heterocycles. The minimum atomic E-state index is 0.0863. The Labute approximate surface area is 153 Å². The van der Waals surface area contributed by atoms with Crippen molar-refractivity contribution in [2.24, 2.45) is 0 Å². The molecule has 5 nitrogen and oxygen atoms in total. The normalized spacial score (nSPS) is 23.2. The number of ether oxygens (including phenoxy) is 2. The van der Waals surface area contributed by atoms with Crippen LogP contribution in [0.15, 0.2) is 54.9 Å². The van der Waals surface area contributed by atoms with Gasteiger partial charge in [-0.05, 0) is 43.7 Å². The van der Waals surface area contributed by atoms with Crippen LogP contribution < -0.4 is 9.47 Å². The number of benzene rings is 2. The summed E-state index contributed by atoms with van der Waals surface area (Å²) in [6, 6.07) is 16.8. The molecule has 2 aromatic carbocycles. The summed E-state index contributed by atoms with van der Waals surface area (Å²) in [6.45, 7) is 3.66. The van der Waals surface area contributed by atoms with Crippen LogP contribution in [0.5, 0.6) is 11.5 Å². The third-order valence-electron chi connectivity index (χ3n) is 5.38. The summed E-state index contributed by atoms with van der Waals surface area (Å²) in [4.78, 5) is 7.06. The summed E-state index contributed by atoms with van der Waals surface area (Å²) in [7, 11) is 0. The maximum absolute atomic E-state index is 6.15. The summed E-state index contributed by atoms with van der Waals surface area (Å²) < 4.78 is 14.4. The van der Waals surface area contributed by atoms with E-state index in [2.05, 4.69) is 32.7 Å². The molecule has 1 saturated heterocycles. The van der Waals surface area contributed by atoms with Gasteiger partial charge in [0, 0.05) is 19.1 Å². The van der Waals surface area contributed by atoms with Crippen molar-refractivity contribution in [3.05, 3.63) is 54.9 Å². The van der Waals surface area contributed by atoms with Crippen LogP contribution in [-0.4, -0.2) is 46.8 Å². The maximum Gasteiger partial charge on any atom is 0.161 e. The van der Waals surface area contributed by atoms with Crippen molar-refractivity contribution >= 4 is 11.0 Å². The second kappa shape index (κ2) is 6.65. The Kier molecular flexibility index (Phi) is 4.02. The Morgan fingerprint density at radius 3 is 2.85 bits per heavy atom. The van der Waals surface area contributed by atoms with Crippen LogP contribution in [0, 0.1) is 0 Å². The van der Waals surface area contributed by atoms with Crippen LogP contribution in [0.4, 0.5) is 0 Å². The maximum atomic E-state index is 6.15. The van der Waals surface area contributed by atoms with E-state index in [4.69, 9.17) is 9.47 Å². The molecule has 0 N–H and O–H groups in total. The topological polar surface area (TPSA) is 39.5 Å². The first-order valence-electron chi connectivity index (χ1n) is 9.39. The van der Waals surface area contributed by atoms with Gasteiger partial charge in [-0.3, -0.25) is 4.90 Å². The summed E-state index contributed by atoms with van der Waals surface area (Å²) in [5.41, 5.74) is 2.30. The van der Waals surface area contributed by atoms with Gasteiger partial charge in [0.1, 0.15) is 12.7 Å². The van der Waals surface area contributed by atoms with Crippen molar-refractivity contribution in [1.29, 1.82) is 0 Å². The highest BCUT2D eigenvalue weighted by molar-refractivity contribution is 5.75. The quantitative estimate of drug-likeness (QED) is 0.725. The minimum Gasteiger partial charge on any atom is -0.486 e. The number of hydrogen-bond donors (Lipinski definition) is 0. The van der Waals surface area contributed by atoms with Crippen molar-refractivity contribution in [2.45, 2.75) is 25.0 Å². The SMILES string of the molecule is c1ccc2c(c1)OCC(CN1CCCC(n3cnc4ccccc43)C1)O2. The lowest BCUT2D eigenvalue weighted by atomic mass is 10.0. The molecule has 0 amide bonds. The Bertz CT molecular complexity index is 907. The first kappa shape index (κ1) is 15.7. The van der Waals surface area contributed by atoms with Crippen molar-refractivity contribution in [2.75, 3.05) is 26.2 Å². The standard InChI is InChI=1S/C21H23N3O2/c1-2-8-19-18(7-1)22-15-24(19)16-6-5-11-23(12-16)13-17-14-25-20-9-3-4-10-21(20)26-17/h1-4,7-10,15-17H,5-6,11-14H2. The van der Waals surface area contributed by atoms with Gasteiger partial charge in [0.2, 0.25) is 0 Å². The lowest BCUT2D eigenvalue weighted by Crippen LogP contribution is -2.45. The number of para-hydroxylation sites is 4. The molecule has 134 valence electrons. The number of likely N-dealkylation sites (tertiary alicyclic amines) is 1. The fourth-order valence-electron chi connectivity index (χ4n) is 4.13. The van der Waals surface area contributed by atoms with Crippen molar-refractivity contribution < 1.29 is 9.47 Å². The van der Waals surface area contributed by atoms with E-state index >= 15 is 0 Å². The Morgan fingerprint density at radius 1 is 1.04 bits per heavy atom. The van der Waals surface area contributed by atoms with E-state index < -0.39 is 0 Å². The zero-order chi connectivity index (χ0) is 17.3. The van der Waals surface area contributed by atoms with Gasteiger partial charge in [-0.1, -0.05) is 24.3 Å². The molecule has 2 unspecified atom stereocenters. The number of hydrogen-bond acceptors (Lipinski definition) is 4. The van der Waals surface area contributed by atoms with E-state index in [1.807, 2.05) is 36.7 Å². The molecule has 0 bridgehead atoms. The molecular weight excluding hydrogens is 326 g/mol. The van der Waals surface area contributed by atoms with Gasteiger partial charge in [0.15, 0.2) is 11.5 Å². The van der Waals surface area contributed by atoms with Gasteiger partial charge in [0.25, 0.3) is 0 Å². The third-order valence-corrected chi connectivity index (χ3v) is 5.38. The van der Waals surface area contributed by atoms with E-state index in [9.17, 15) is 0 Å². The van der Waals surface area contributed by atoms with Crippen molar-refractivity contribution in [1.82, 2.24) is 14.5 Å². The number of imidazole rings is 1. The Morgan fingerprint density at radius 2 is 1.88 bits per heavy atom. The van der Waals surface area contributed by atoms with E-state index in [1.54, 1.807) is 0 Å². The molecule has 0 aliphatic carbocycles. The highest BCUT2D eigenvalue weighted by Crippen LogP contribution is 2.32. The Balaban J connectivity index is 1.28. The van der Waals surface area contributed by atoms with Crippen LogP contribution in [0.1, 0.15) is 18.9 Å². The summed E-state index contributed by atoms with van der Waals surface area (Å²) in [6.07, 6.45) is 4.47. The second-order valence-electron chi connectivity index (χ2n) is 7.19. The van der Waals surface area contributed by atoms with Gasteiger partial charge in [-0.15, -0.1) is 0 Å². The van der Waals surface area contributed by atoms with Crippen LogP contribution >= 0.6 is 0 Å². The van der Waals surface area contributed by atoms with Gasteiger partial charge < -0.3 is 14.0 Å². The first-order valence-corrected chi connectivity index (χ1v) is 9.39. The average Bonchev–Trinajstić information content (AvgIpc) is 3.12. The largest absolute Gasteiger partial charge is 0.486 e. The first-order chi connectivity index (χ1) is 12.9. The zero-order valence-corrected chi connectivity index (χ0v) is 14.8. The summed E-state index contributed by atoms with van der Waals surface area (Å²) in [5, 5.41) is 0. The fraction of sp³-hybridized carbons (Fsp3) is 0.381. The summed E-state index contributed by atoms with van der Waals surface area (Å²) >= 11 is 0. The van der Waals surface area contributed by atoms with Crippen LogP contribution in [0.25, 0.3) is 11.0 Å². The van der Waals surface area contributed by atoms with Crippen molar-refractivity contribution in [3.63, 3.8) is 0 Å². The highest BCUT2D eigenvalue weighted by Gasteiger charge is 2.27. The predicted octanol–water partition coefficient (Wildman–Crippen LogP) is 3.51. The molecule has 1 fully saturated rings. The monoisotopic (exact) mass is 349 g/mol. The number of piperidine rings is 1. The van der Waals surface area contributed by atoms with Gasteiger partial charge in [-0.25, -0.2) is 4.98 Å². The molecule has 5 heteroatoms. The molecule has 2 atom stereocenters. The smallest absolute Gasteiger partial charge is 0.161 e. The highest BCUT2D eigenvalue weighted by atomic mass is 16.6. The van der Waals surface area contributed by atoms with Crippen molar-refractivity contribution in [3.8, 4) is 11.5 Å². The molecule has 0 radical (unpaired) electrons. The lowest BCUT2D eigenvalue weighted by Gasteiger charge is -2.36. The van der Waals surface area contributed by atoms with Crippen LogP contribution in [0.2, 0.25) is 0 Å². The number of fused-ring (bicyclic) bond motifs is 2. The van der Waals surface area contributed by atoms with Gasteiger partial charge in [-0.2, -0.15) is 0 Å². The molecule has 0 saturated carbocycles.